The number of halogens is 1. The van der Waals surface area contributed by atoms with E-state index in [4.69, 9.17) is 16.3 Å². The van der Waals surface area contributed by atoms with E-state index in [0.29, 0.717) is 31.3 Å². The average Bonchev–Trinajstić information content (AvgIpc) is 2.41. The van der Waals surface area contributed by atoms with Crippen molar-refractivity contribution in [2.24, 2.45) is 0 Å². The predicted octanol–water partition coefficient (Wildman–Crippen LogP) is 2.68. The van der Waals surface area contributed by atoms with Crippen LogP contribution in [0.5, 0.6) is 0 Å². The van der Waals surface area contributed by atoms with Gasteiger partial charge < -0.3 is 9.64 Å². The molecule has 0 aromatic heterocycles. The van der Waals surface area contributed by atoms with Gasteiger partial charge in [-0.25, -0.2) is 0 Å². The third-order valence-corrected chi connectivity index (χ3v) is 4.15. The minimum atomic E-state index is -0.0794. The van der Waals surface area contributed by atoms with Crippen molar-refractivity contribution in [3.63, 3.8) is 0 Å². The first-order valence-electron chi connectivity index (χ1n) is 5.95. The summed E-state index contributed by atoms with van der Waals surface area (Å²) in [6.07, 6.45) is 0. The molecule has 1 amide bonds. The molecule has 1 fully saturated rings. The molecule has 98 valence electrons. The topological polar surface area (TPSA) is 29.5 Å². The Labute approximate surface area is 116 Å². The van der Waals surface area contributed by atoms with Crippen molar-refractivity contribution in [3.8, 4) is 0 Å². The second kappa shape index (κ2) is 6.45. The summed E-state index contributed by atoms with van der Waals surface area (Å²) in [4.78, 5) is 15.1. The summed E-state index contributed by atoms with van der Waals surface area (Å²) in [5.74, 6) is 0.179. The normalized spacial score (nSPS) is 17.6. The van der Waals surface area contributed by atoms with Crippen molar-refractivity contribution in [3.05, 3.63) is 29.3 Å². The van der Waals surface area contributed by atoms with E-state index < -0.39 is 0 Å². The second-order valence-electron chi connectivity index (χ2n) is 4.15. The van der Waals surface area contributed by atoms with Crippen molar-refractivity contribution < 1.29 is 9.53 Å². The molecule has 0 saturated carbocycles. The molecular formula is C13H16ClNO2S. The number of rotatable bonds is 3. The minimum absolute atomic E-state index is 0.0794. The Morgan fingerprint density at radius 1 is 1.33 bits per heavy atom. The average molecular weight is 286 g/mol. The lowest BCUT2D eigenvalue weighted by Gasteiger charge is -2.29. The summed E-state index contributed by atoms with van der Waals surface area (Å²) < 4.78 is 5.25. The largest absolute Gasteiger partial charge is 0.378 e. The molecule has 0 N–H and O–H groups in total. The van der Waals surface area contributed by atoms with Crippen LogP contribution < -0.4 is 0 Å². The number of hydrogen-bond donors (Lipinski definition) is 0. The number of carbonyl (C=O) groups is 1. The maximum atomic E-state index is 12.2. The highest BCUT2D eigenvalue weighted by Crippen LogP contribution is 2.25. The molecular weight excluding hydrogens is 270 g/mol. The minimum Gasteiger partial charge on any atom is -0.378 e. The first-order valence-corrected chi connectivity index (χ1v) is 7.21. The van der Waals surface area contributed by atoms with Gasteiger partial charge in [-0.05, 0) is 31.2 Å². The fourth-order valence-electron chi connectivity index (χ4n) is 1.81. The van der Waals surface area contributed by atoms with Crippen molar-refractivity contribution in [2.45, 2.75) is 17.1 Å². The molecule has 2 rings (SSSR count). The molecule has 3 nitrogen and oxygen atoms in total. The number of benzene rings is 1. The quantitative estimate of drug-likeness (QED) is 0.800. The van der Waals surface area contributed by atoms with Crippen LogP contribution in [0.25, 0.3) is 0 Å². The van der Waals surface area contributed by atoms with Gasteiger partial charge >= 0.3 is 0 Å². The van der Waals surface area contributed by atoms with Crippen LogP contribution in [0.4, 0.5) is 0 Å². The van der Waals surface area contributed by atoms with Gasteiger partial charge in [-0.3, -0.25) is 4.79 Å². The molecule has 1 heterocycles. The molecule has 1 aromatic carbocycles. The maximum Gasteiger partial charge on any atom is 0.235 e. The summed E-state index contributed by atoms with van der Waals surface area (Å²) in [5.41, 5.74) is 0. The number of thioether (sulfide) groups is 1. The highest BCUT2D eigenvalue weighted by Gasteiger charge is 2.22. The Morgan fingerprint density at radius 2 is 1.94 bits per heavy atom. The van der Waals surface area contributed by atoms with Crippen molar-refractivity contribution in [1.29, 1.82) is 0 Å². The molecule has 0 spiro atoms. The van der Waals surface area contributed by atoms with Crippen LogP contribution in [-0.4, -0.2) is 42.4 Å². The van der Waals surface area contributed by atoms with Crippen molar-refractivity contribution in [1.82, 2.24) is 4.90 Å². The highest BCUT2D eigenvalue weighted by molar-refractivity contribution is 8.00. The molecule has 1 aromatic rings. The van der Waals surface area contributed by atoms with Gasteiger partial charge in [0, 0.05) is 23.0 Å². The Kier molecular flexibility index (Phi) is 4.92. The van der Waals surface area contributed by atoms with Gasteiger partial charge in [0.05, 0.1) is 18.5 Å². The van der Waals surface area contributed by atoms with Crippen LogP contribution >= 0.6 is 23.4 Å². The van der Waals surface area contributed by atoms with E-state index in [1.54, 1.807) is 11.8 Å². The third-order valence-electron chi connectivity index (χ3n) is 2.80. The van der Waals surface area contributed by atoms with E-state index in [-0.39, 0.29) is 11.2 Å². The number of nitrogens with zero attached hydrogens (tertiary/aromatic N) is 1. The van der Waals surface area contributed by atoms with Crippen LogP contribution in [0.2, 0.25) is 5.02 Å². The highest BCUT2D eigenvalue weighted by atomic mass is 35.5. The Bertz CT molecular complexity index is 404. The second-order valence-corrected chi connectivity index (χ2v) is 6.00. The Hall–Kier alpha value is -0.710. The Morgan fingerprint density at radius 3 is 2.56 bits per heavy atom. The molecule has 1 saturated heterocycles. The fourth-order valence-corrected chi connectivity index (χ4v) is 2.89. The van der Waals surface area contributed by atoms with E-state index in [0.717, 1.165) is 4.90 Å². The predicted molar refractivity (Wildman–Crippen MR) is 74.2 cm³/mol. The van der Waals surface area contributed by atoms with Gasteiger partial charge in [0.15, 0.2) is 0 Å². The summed E-state index contributed by atoms with van der Waals surface area (Å²) in [7, 11) is 0. The summed E-state index contributed by atoms with van der Waals surface area (Å²) in [6.45, 7) is 4.62. The summed E-state index contributed by atoms with van der Waals surface area (Å²) in [5, 5.41) is 0.635. The van der Waals surface area contributed by atoms with E-state index in [9.17, 15) is 4.79 Å². The molecule has 0 bridgehead atoms. The zero-order valence-corrected chi connectivity index (χ0v) is 11.8. The van der Waals surface area contributed by atoms with Crippen LogP contribution in [0.3, 0.4) is 0 Å². The number of hydrogen-bond acceptors (Lipinski definition) is 3. The maximum absolute atomic E-state index is 12.2. The summed E-state index contributed by atoms with van der Waals surface area (Å²) in [6, 6.07) is 7.57. The van der Waals surface area contributed by atoms with Gasteiger partial charge in [-0.15, -0.1) is 11.8 Å². The Balaban J connectivity index is 1.92. The zero-order chi connectivity index (χ0) is 13.0. The van der Waals surface area contributed by atoms with Crippen molar-refractivity contribution in [2.75, 3.05) is 26.3 Å². The molecule has 0 aliphatic carbocycles. The molecule has 1 atom stereocenters. The van der Waals surface area contributed by atoms with Crippen LogP contribution in [0, 0.1) is 0 Å². The molecule has 1 aliphatic heterocycles. The van der Waals surface area contributed by atoms with Gasteiger partial charge in [-0.2, -0.15) is 0 Å². The third kappa shape index (κ3) is 3.64. The van der Waals surface area contributed by atoms with E-state index in [1.165, 1.54) is 0 Å². The number of morpholine rings is 1. The SMILES string of the molecule is CC(Sc1ccc(Cl)cc1)C(=O)N1CCOCC1. The van der Waals surface area contributed by atoms with E-state index in [1.807, 2.05) is 36.1 Å². The van der Waals surface area contributed by atoms with Gasteiger partial charge in [-0.1, -0.05) is 11.6 Å². The van der Waals surface area contributed by atoms with Gasteiger partial charge in [0.2, 0.25) is 5.91 Å². The summed E-state index contributed by atoms with van der Waals surface area (Å²) >= 11 is 7.40. The van der Waals surface area contributed by atoms with Crippen molar-refractivity contribution >= 4 is 29.3 Å². The zero-order valence-electron chi connectivity index (χ0n) is 10.3. The van der Waals surface area contributed by atoms with Gasteiger partial charge in [0.1, 0.15) is 0 Å². The van der Waals surface area contributed by atoms with E-state index in [2.05, 4.69) is 0 Å². The number of ether oxygens (including phenoxy) is 1. The van der Waals surface area contributed by atoms with Crippen LogP contribution in [-0.2, 0) is 9.53 Å². The molecule has 5 heteroatoms. The first-order chi connectivity index (χ1) is 8.66. The smallest absolute Gasteiger partial charge is 0.235 e. The number of amides is 1. The van der Waals surface area contributed by atoms with Crippen LogP contribution in [0.15, 0.2) is 29.2 Å². The van der Waals surface area contributed by atoms with E-state index >= 15 is 0 Å². The molecule has 18 heavy (non-hydrogen) atoms. The lowest BCUT2D eigenvalue weighted by atomic mass is 10.3. The first kappa shape index (κ1) is 13.7. The molecule has 1 unspecified atom stereocenters. The van der Waals surface area contributed by atoms with Crippen LogP contribution in [0.1, 0.15) is 6.92 Å². The molecule has 1 aliphatic rings. The molecule has 0 radical (unpaired) electrons. The standard InChI is InChI=1S/C13H16ClNO2S/c1-10(13(16)15-6-8-17-9-7-15)18-12-4-2-11(14)3-5-12/h2-5,10H,6-9H2,1H3. The lowest BCUT2D eigenvalue weighted by molar-refractivity contribution is -0.134. The van der Waals surface area contributed by atoms with Gasteiger partial charge in [0.25, 0.3) is 0 Å². The lowest BCUT2D eigenvalue weighted by Crippen LogP contribution is -2.44. The monoisotopic (exact) mass is 285 g/mol. The number of carbonyl (C=O) groups excluding carboxylic acids is 1. The fraction of sp³-hybridized carbons (Fsp3) is 0.462.